The number of anilines is 1. The summed E-state index contributed by atoms with van der Waals surface area (Å²) in [7, 11) is 3.15. The van der Waals surface area contributed by atoms with E-state index in [4.69, 9.17) is 9.47 Å². The van der Waals surface area contributed by atoms with E-state index in [0.29, 0.717) is 34.5 Å². The second-order valence-corrected chi connectivity index (χ2v) is 7.79. The first-order valence-electron chi connectivity index (χ1n) is 9.66. The first-order chi connectivity index (χ1) is 14.9. The Morgan fingerprint density at radius 2 is 1.87 bits per heavy atom. The highest BCUT2D eigenvalue weighted by molar-refractivity contribution is 8.15. The van der Waals surface area contributed by atoms with Gasteiger partial charge in [-0.25, -0.2) is 9.79 Å². The number of hydrogen-bond acceptors (Lipinski definition) is 7. The van der Waals surface area contributed by atoms with Gasteiger partial charge < -0.3 is 14.8 Å². The van der Waals surface area contributed by atoms with E-state index in [0.717, 1.165) is 0 Å². The third-order valence-electron chi connectivity index (χ3n) is 4.50. The average molecular weight is 442 g/mol. The number of amides is 2. The molecule has 162 valence electrons. The van der Waals surface area contributed by atoms with Crippen LogP contribution >= 0.6 is 11.8 Å². The number of ether oxygens (including phenoxy) is 2. The molecule has 1 heterocycles. The van der Waals surface area contributed by atoms with Crippen LogP contribution in [0.5, 0.6) is 5.75 Å². The molecule has 0 spiro atoms. The molecule has 0 aromatic heterocycles. The highest BCUT2D eigenvalue weighted by Gasteiger charge is 2.37. The van der Waals surface area contributed by atoms with Gasteiger partial charge in [0.05, 0.1) is 30.7 Å². The molecule has 3 rings (SSSR count). The number of methoxy groups -OCH3 is 1. The largest absolute Gasteiger partial charge is 0.495 e. The van der Waals surface area contributed by atoms with E-state index in [-0.39, 0.29) is 18.2 Å². The van der Waals surface area contributed by atoms with Crippen molar-refractivity contribution in [2.24, 2.45) is 4.99 Å². The molecule has 1 unspecified atom stereocenters. The Morgan fingerprint density at radius 3 is 2.55 bits per heavy atom. The van der Waals surface area contributed by atoms with Gasteiger partial charge in [0.25, 0.3) is 0 Å². The van der Waals surface area contributed by atoms with Gasteiger partial charge in [0.2, 0.25) is 11.8 Å². The van der Waals surface area contributed by atoms with E-state index in [1.165, 1.54) is 23.8 Å². The normalized spacial score (nSPS) is 17.0. The summed E-state index contributed by atoms with van der Waals surface area (Å²) in [5, 5.41) is 2.70. The minimum absolute atomic E-state index is 0.00665. The van der Waals surface area contributed by atoms with Crippen molar-refractivity contribution >= 4 is 46.1 Å². The third-order valence-corrected chi connectivity index (χ3v) is 5.72. The summed E-state index contributed by atoms with van der Waals surface area (Å²) < 4.78 is 10.2. The van der Waals surface area contributed by atoms with Gasteiger partial charge >= 0.3 is 5.97 Å². The number of thioether (sulfide) groups is 1. The zero-order valence-electron chi connectivity index (χ0n) is 17.5. The van der Waals surface area contributed by atoms with Gasteiger partial charge in [-0.15, -0.1) is 0 Å². The number of nitrogens with zero attached hydrogens (tertiary/aromatic N) is 2. The number of rotatable bonds is 7. The van der Waals surface area contributed by atoms with Gasteiger partial charge in [-0.2, -0.15) is 0 Å². The number of carbonyl (C=O) groups is 3. The van der Waals surface area contributed by atoms with Crippen molar-refractivity contribution in [2.45, 2.75) is 18.6 Å². The lowest BCUT2D eigenvalue weighted by Crippen LogP contribution is -2.30. The predicted molar refractivity (Wildman–Crippen MR) is 120 cm³/mol. The second-order valence-electron chi connectivity index (χ2n) is 6.62. The summed E-state index contributed by atoms with van der Waals surface area (Å²) in [6.07, 6.45) is 0.00665. The Hall–Kier alpha value is -3.33. The van der Waals surface area contributed by atoms with Crippen molar-refractivity contribution in [3.05, 3.63) is 54.1 Å². The van der Waals surface area contributed by atoms with E-state index in [1.54, 1.807) is 56.4 Å². The molecular formula is C22H23N3O5S. The lowest BCUT2D eigenvalue weighted by Gasteiger charge is -2.11. The predicted octanol–water partition coefficient (Wildman–Crippen LogP) is 3.46. The lowest BCUT2D eigenvalue weighted by molar-refractivity contribution is -0.127. The molecule has 9 heteroatoms. The maximum absolute atomic E-state index is 12.6. The number of hydrogen-bond donors (Lipinski definition) is 1. The molecule has 0 bridgehead atoms. The Bertz CT molecular complexity index is 1010. The zero-order valence-corrected chi connectivity index (χ0v) is 18.3. The minimum atomic E-state index is -0.572. The SMILES string of the molecule is CCOC(=O)c1ccc(N=C2SC(CC(=O)Nc3ccccc3OC)C(=O)N2C)cc1. The first-order valence-corrected chi connectivity index (χ1v) is 10.5. The summed E-state index contributed by atoms with van der Waals surface area (Å²) in [6.45, 7) is 2.05. The minimum Gasteiger partial charge on any atom is -0.495 e. The Morgan fingerprint density at radius 1 is 1.16 bits per heavy atom. The van der Waals surface area contributed by atoms with Crippen LogP contribution < -0.4 is 10.1 Å². The molecule has 8 nitrogen and oxygen atoms in total. The van der Waals surface area contributed by atoms with Crippen molar-refractivity contribution in [3.8, 4) is 5.75 Å². The van der Waals surface area contributed by atoms with Crippen LogP contribution in [0, 0.1) is 0 Å². The standard InChI is InChI=1S/C22H23N3O5S/c1-4-30-21(28)14-9-11-15(12-10-14)23-22-25(2)20(27)18(31-22)13-19(26)24-16-7-5-6-8-17(16)29-3/h5-12,18H,4,13H2,1-3H3,(H,24,26). The monoisotopic (exact) mass is 441 g/mol. The maximum atomic E-state index is 12.6. The molecule has 0 saturated carbocycles. The number of amidine groups is 1. The van der Waals surface area contributed by atoms with E-state index < -0.39 is 11.2 Å². The van der Waals surface area contributed by atoms with Gasteiger partial charge in [-0.1, -0.05) is 23.9 Å². The summed E-state index contributed by atoms with van der Waals surface area (Å²) in [4.78, 5) is 42.7. The highest BCUT2D eigenvalue weighted by Crippen LogP contribution is 2.31. The van der Waals surface area contributed by atoms with Crippen molar-refractivity contribution in [3.63, 3.8) is 0 Å². The molecule has 2 aromatic rings. The summed E-state index contributed by atoms with van der Waals surface area (Å²) in [5.41, 5.74) is 1.57. The molecule has 1 aliphatic heterocycles. The quantitative estimate of drug-likeness (QED) is 0.661. The molecule has 1 atom stereocenters. The zero-order chi connectivity index (χ0) is 22.4. The Balaban J connectivity index is 1.66. The molecule has 1 saturated heterocycles. The molecule has 0 aliphatic carbocycles. The molecule has 1 fully saturated rings. The van der Waals surface area contributed by atoms with Gasteiger partial charge in [0, 0.05) is 13.5 Å². The van der Waals surface area contributed by atoms with Gasteiger partial charge in [0.1, 0.15) is 11.0 Å². The van der Waals surface area contributed by atoms with Crippen molar-refractivity contribution in [2.75, 3.05) is 26.1 Å². The topological polar surface area (TPSA) is 97.3 Å². The molecule has 31 heavy (non-hydrogen) atoms. The van der Waals surface area contributed by atoms with Crippen LogP contribution in [-0.2, 0) is 14.3 Å². The van der Waals surface area contributed by atoms with Crippen molar-refractivity contribution < 1.29 is 23.9 Å². The Labute approximate surface area is 184 Å². The third kappa shape index (κ3) is 5.43. The van der Waals surface area contributed by atoms with Crippen LogP contribution in [0.1, 0.15) is 23.7 Å². The van der Waals surface area contributed by atoms with Crippen molar-refractivity contribution in [1.29, 1.82) is 0 Å². The molecule has 2 amide bonds. The number of nitrogens with one attached hydrogen (secondary N) is 1. The van der Waals surface area contributed by atoms with E-state index >= 15 is 0 Å². The van der Waals surface area contributed by atoms with Gasteiger partial charge in [-0.3, -0.25) is 14.5 Å². The van der Waals surface area contributed by atoms with Crippen molar-refractivity contribution in [1.82, 2.24) is 4.90 Å². The first kappa shape index (κ1) is 22.4. The van der Waals surface area contributed by atoms with Crippen LogP contribution in [0.3, 0.4) is 0 Å². The van der Waals surface area contributed by atoms with E-state index in [9.17, 15) is 14.4 Å². The van der Waals surface area contributed by atoms with Crippen LogP contribution in [0.2, 0.25) is 0 Å². The molecule has 0 radical (unpaired) electrons. The van der Waals surface area contributed by atoms with Gasteiger partial charge in [0.15, 0.2) is 5.17 Å². The molecule has 1 aliphatic rings. The number of aliphatic imine (C=N–C) groups is 1. The van der Waals surface area contributed by atoms with Crippen LogP contribution in [0.15, 0.2) is 53.5 Å². The molecule has 1 N–H and O–H groups in total. The second kappa shape index (κ2) is 10.1. The maximum Gasteiger partial charge on any atom is 0.338 e. The summed E-state index contributed by atoms with van der Waals surface area (Å²) in [5.74, 6) is -0.330. The number of carbonyl (C=O) groups excluding carboxylic acids is 3. The smallest absolute Gasteiger partial charge is 0.338 e. The fourth-order valence-electron chi connectivity index (χ4n) is 2.91. The van der Waals surface area contributed by atoms with Gasteiger partial charge in [-0.05, 0) is 43.3 Å². The van der Waals surface area contributed by atoms with E-state index in [2.05, 4.69) is 10.3 Å². The van der Waals surface area contributed by atoms with Crippen LogP contribution in [0.25, 0.3) is 0 Å². The Kier molecular flexibility index (Phi) is 7.30. The van der Waals surface area contributed by atoms with Crippen LogP contribution in [0.4, 0.5) is 11.4 Å². The van der Waals surface area contributed by atoms with Crippen LogP contribution in [-0.4, -0.2) is 53.9 Å². The fourth-order valence-corrected chi connectivity index (χ4v) is 4.07. The number of esters is 1. The summed E-state index contributed by atoms with van der Waals surface area (Å²) in [6, 6.07) is 13.7. The number of benzene rings is 2. The number of para-hydroxylation sites is 2. The highest BCUT2D eigenvalue weighted by atomic mass is 32.2. The van der Waals surface area contributed by atoms with E-state index in [1.807, 2.05) is 6.07 Å². The fraction of sp³-hybridized carbons (Fsp3) is 0.273. The molecule has 2 aromatic carbocycles. The molecular weight excluding hydrogens is 418 g/mol. The summed E-state index contributed by atoms with van der Waals surface area (Å²) >= 11 is 1.23. The lowest BCUT2D eigenvalue weighted by atomic mass is 10.2. The average Bonchev–Trinajstić information content (AvgIpc) is 3.02.